The quantitative estimate of drug-likeness (QED) is 0.347. The van der Waals surface area contributed by atoms with Crippen molar-refractivity contribution in [1.29, 1.82) is 0 Å². The van der Waals surface area contributed by atoms with Gasteiger partial charge in [0.2, 0.25) is 0 Å². The van der Waals surface area contributed by atoms with Gasteiger partial charge in [-0.15, -0.1) is 11.6 Å². The minimum absolute atomic E-state index is 0.400. The normalized spacial score (nSPS) is 20.1. The zero-order chi connectivity index (χ0) is 11.7. The van der Waals surface area contributed by atoms with Gasteiger partial charge in [-0.1, -0.05) is 6.42 Å². The van der Waals surface area contributed by atoms with Gasteiger partial charge in [0, 0.05) is 0 Å². The maximum Gasteiger partial charge on any atom is 0.320 e. The zero-order valence-electron chi connectivity index (χ0n) is 8.69. The van der Waals surface area contributed by atoms with Gasteiger partial charge in [0.1, 0.15) is 6.04 Å². The number of carbonyl (C=O) groups is 1. The molecule has 5 nitrogen and oxygen atoms in total. The van der Waals surface area contributed by atoms with Gasteiger partial charge in [0.25, 0.3) is 0 Å². The molecule has 1 aliphatic heterocycles. The second-order valence-corrected chi connectivity index (χ2v) is 3.65. The van der Waals surface area contributed by atoms with Gasteiger partial charge in [0.15, 0.2) is 0 Å². The Morgan fingerprint density at radius 2 is 2.20 bits per heavy atom. The van der Waals surface area contributed by atoms with Crippen LogP contribution in [0.2, 0.25) is 0 Å². The smallest absolute Gasteiger partial charge is 0.320 e. The molecule has 0 aliphatic carbocycles. The third-order valence-electron chi connectivity index (χ3n) is 1.86. The molecule has 1 rings (SSSR count). The molecule has 0 aromatic heterocycles. The van der Waals surface area contributed by atoms with Crippen molar-refractivity contribution in [2.45, 2.75) is 31.4 Å². The summed E-state index contributed by atoms with van der Waals surface area (Å²) in [7, 11) is 0. The second kappa shape index (κ2) is 8.91. The fourth-order valence-corrected chi connectivity index (χ4v) is 0.967. The van der Waals surface area contributed by atoms with Gasteiger partial charge in [-0.3, -0.25) is 4.79 Å². The highest BCUT2D eigenvalue weighted by atomic mass is 35.5. The molecule has 5 N–H and O–H groups in total. The Hall–Kier alpha value is -0.360. The summed E-state index contributed by atoms with van der Waals surface area (Å²) in [4.78, 5) is 10.1. The number of carboxylic acid groups (broad SMARTS) is 1. The third-order valence-corrected chi connectivity index (χ3v) is 2.21. The molecule has 6 heteroatoms. The number of aliphatic carboxylic acids is 1. The summed E-state index contributed by atoms with van der Waals surface area (Å²) in [6.45, 7) is 1.48. The molecule has 0 spiro atoms. The fraction of sp³-hybridized carbons (Fsp3) is 0.889. The van der Waals surface area contributed by atoms with Crippen LogP contribution in [0, 0.1) is 0 Å². The standard InChI is InChI=1S/C6H14N2O2.C3H5ClO/c7-4-2-1-3-5(8)6(9)10;4-1-3-2-5-3/h5H,1-4,7-8H2,(H,9,10);3H,1-2H2/t5-;/m0./s1. The number of unbranched alkanes of at least 4 members (excludes halogenated alkanes) is 1. The summed E-state index contributed by atoms with van der Waals surface area (Å²) >= 11 is 5.27. The lowest BCUT2D eigenvalue weighted by Gasteiger charge is -2.03. The number of ether oxygens (including phenoxy) is 1. The molecule has 1 fully saturated rings. The van der Waals surface area contributed by atoms with E-state index in [1.807, 2.05) is 0 Å². The molecule has 1 unspecified atom stereocenters. The molecule has 0 bridgehead atoms. The van der Waals surface area contributed by atoms with E-state index < -0.39 is 12.0 Å². The Labute approximate surface area is 94.7 Å². The van der Waals surface area contributed by atoms with E-state index in [4.69, 9.17) is 32.9 Å². The number of hydrogen-bond donors (Lipinski definition) is 3. The van der Waals surface area contributed by atoms with E-state index in [0.717, 1.165) is 19.4 Å². The average Bonchev–Trinajstić information content (AvgIpc) is 3.02. The molecule has 1 heterocycles. The van der Waals surface area contributed by atoms with Crippen molar-refractivity contribution in [1.82, 2.24) is 0 Å². The second-order valence-electron chi connectivity index (χ2n) is 3.34. The number of halogens is 1. The van der Waals surface area contributed by atoms with Crippen LogP contribution in [0.5, 0.6) is 0 Å². The van der Waals surface area contributed by atoms with E-state index in [2.05, 4.69) is 0 Å². The monoisotopic (exact) mass is 238 g/mol. The lowest BCUT2D eigenvalue weighted by molar-refractivity contribution is -0.138. The van der Waals surface area contributed by atoms with Gasteiger partial charge in [0.05, 0.1) is 18.6 Å². The third kappa shape index (κ3) is 9.93. The lowest BCUT2D eigenvalue weighted by Crippen LogP contribution is -2.29. The van der Waals surface area contributed by atoms with E-state index in [1.165, 1.54) is 0 Å². The molecular formula is C9H19ClN2O3. The van der Waals surface area contributed by atoms with Crippen molar-refractivity contribution in [3.05, 3.63) is 0 Å². The highest BCUT2D eigenvalue weighted by molar-refractivity contribution is 6.18. The van der Waals surface area contributed by atoms with Crippen molar-refractivity contribution < 1.29 is 14.6 Å². The molecule has 2 atom stereocenters. The maximum absolute atomic E-state index is 10.1. The van der Waals surface area contributed by atoms with E-state index in [1.54, 1.807) is 0 Å². The first kappa shape index (κ1) is 14.6. The molecule has 1 saturated heterocycles. The average molecular weight is 239 g/mol. The van der Waals surface area contributed by atoms with Gasteiger partial charge < -0.3 is 21.3 Å². The summed E-state index contributed by atoms with van der Waals surface area (Å²) < 4.78 is 4.73. The number of rotatable bonds is 6. The number of alkyl halides is 1. The molecule has 0 radical (unpaired) electrons. The Morgan fingerprint density at radius 1 is 1.60 bits per heavy atom. The van der Waals surface area contributed by atoms with Crippen LogP contribution < -0.4 is 11.5 Å². The summed E-state index contributed by atoms with van der Waals surface area (Å²) in [5.74, 6) is -0.267. The molecule has 0 amide bonds. The number of epoxide rings is 1. The van der Waals surface area contributed by atoms with Crippen LogP contribution in [0.15, 0.2) is 0 Å². The van der Waals surface area contributed by atoms with Gasteiger partial charge in [-0.05, 0) is 19.4 Å². The fourth-order valence-electron chi connectivity index (χ4n) is 0.789. The van der Waals surface area contributed by atoms with Gasteiger partial charge >= 0.3 is 5.97 Å². The van der Waals surface area contributed by atoms with Crippen molar-refractivity contribution >= 4 is 17.6 Å². The van der Waals surface area contributed by atoms with Gasteiger partial charge in [-0.25, -0.2) is 0 Å². The number of nitrogens with two attached hydrogens (primary N) is 2. The Bertz CT molecular complexity index is 177. The molecule has 90 valence electrons. The van der Waals surface area contributed by atoms with Crippen molar-refractivity contribution in [3.63, 3.8) is 0 Å². The highest BCUT2D eigenvalue weighted by Gasteiger charge is 2.19. The minimum atomic E-state index is -0.933. The van der Waals surface area contributed by atoms with Crippen LogP contribution in [0.3, 0.4) is 0 Å². The first-order valence-electron chi connectivity index (χ1n) is 4.97. The summed E-state index contributed by atoms with van der Waals surface area (Å²) in [6, 6.07) is -0.716. The predicted octanol–water partition coefficient (Wildman–Crippen LogP) is 0.151. The van der Waals surface area contributed by atoms with Crippen LogP contribution in [0.4, 0.5) is 0 Å². The predicted molar refractivity (Wildman–Crippen MR) is 59.0 cm³/mol. The van der Waals surface area contributed by atoms with Crippen LogP contribution in [-0.2, 0) is 9.53 Å². The largest absolute Gasteiger partial charge is 0.480 e. The first-order chi connectivity index (χ1) is 7.11. The molecular weight excluding hydrogens is 220 g/mol. The Kier molecular flexibility index (Phi) is 8.70. The molecule has 0 aromatic carbocycles. The highest BCUT2D eigenvalue weighted by Crippen LogP contribution is 2.08. The zero-order valence-corrected chi connectivity index (χ0v) is 9.45. The maximum atomic E-state index is 10.1. The van der Waals surface area contributed by atoms with Crippen LogP contribution in [0.25, 0.3) is 0 Å². The van der Waals surface area contributed by atoms with E-state index in [9.17, 15) is 4.79 Å². The first-order valence-corrected chi connectivity index (χ1v) is 5.51. The van der Waals surface area contributed by atoms with Crippen LogP contribution in [-0.4, -0.2) is 42.3 Å². The van der Waals surface area contributed by atoms with Crippen molar-refractivity contribution in [2.75, 3.05) is 19.0 Å². The molecule has 15 heavy (non-hydrogen) atoms. The summed E-state index contributed by atoms with van der Waals surface area (Å²) in [5, 5.41) is 8.33. The molecule has 1 aliphatic rings. The molecule has 0 aromatic rings. The van der Waals surface area contributed by atoms with Gasteiger partial charge in [-0.2, -0.15) is 0 Å². The van der Waals surface area contributed by atoms with E-state index in [0.29, 0.717) is 24.9 Å². The summed E-state index contributed by atoms with van der Waals surface area (Å²) in [6.07, 6.45) is 2.56. The topological polar surface area (TPSA) is 102 Å². The van der Waals surface area contributed by atoms with Crippen molar-refractivity contribution in [2.24, 2.45) is 11.5 Å². The van der Waals surface area contributed by atoms with E-state index >= 15 is 0 Å². The van der Waals surface area contributed by atoms with Crippen LogP contribution in [0.1, 0.15) is 19.3 Å². The van der Waals surface area contributed by atoms with E-state index in [-0.39, 0.29) is 0 Å². The minimum Gasteiger partial charge on any atom is -0.480 e. The van der Waals surface area contributed by atoms with Crippen LogP contribution >= 0.6 is 11.6 Å². The number of hydrogen-bond acceptors (Lipinski definition) is 4. The number of carboxylic acids is 1. The lowest BCUT2D eigenvalue weighted by atomic mass is 10.1. The molecule has 0 saturated carbocycles. The Morgan fingerprint density at radius 3 is 2.47 bits per heavy atom. The van der Waals surface area contributed by atoms with Crippen molar-refractivity contribution in [3.8, 4) is 0 Å². The summed E-state index contributed by atoms with van der Waals surface area (Å²) in [5.41, 5.74) is 10.4. The Balaban J connectivity index is 0.000000322. The SMILES string of the molecule is ClCC1CO1.NCCCC[C@H](N)C(=O)O.